The van der Waals surface area contributed by atoms with Crippen molar-refractivity contribution in [3.63, 3.8) is 0 Å². The van der Waals surface area contributed by atoms with Gasteiger partial charge < -0.3 is 10.2 Å². The minimum Gasteiger partial charge on any atom is -0.342 e. The average molecular weight is 195 g/mol. The van der Waals surface area contributed by atoms with Gasteiger partial charge in [0.05, 0.1) is 0 Å². The van der Waals surface area contributed by atoms with E-state index in [1.807, 2.05) is 4.90 Å². The number of hydrogen-bond donors (Lipinski definition) is 1. The Morgan fingerprint density at radius 3 is 2.71 bits per heavy atom. The molecule has 14 heavy (non-hydrogen) atoms. The van der Waals surface area contributed by atoms with Gasteiger partial charge in [-0.1, -0.05) is 6.92 Å². The van der Waals surface area contributed by atoms with Crippen molar-refractivity contribution in [1.82, 2.24) is 10.2 Å². The lowest BCUT2D eigenvalue weighted by Gasteiger charge is -2.35. The van der Waals surface area contributed by atoms with E-state index in [0.717, 1.165) is 45.4 Å². The molecule has 0 unspecified atom stereocenters. The molecule has 3 heteroatoms. The number of carbonyl (C=O) groups is 1. The fourth-order valence-corrected chi connectivity index (χ4v) is 2.34. The van der Waals surface area contributed by atoms with Crippen molar-refractivity contribution in [2.24, 2.45) is 5.41 Å². The lowest BCUT2D eigenvalue weighted by atomic mass is 9.80. The Morgan fingerprint density at radius 2 is 2.14 bits per heavy atom. The molecule has 2 rings (SSSR count). The van der Waals surface area contributed by atoms with Gasteiger partial charge in [-0.05, 0) is 38.8 Å². The minimum absolute atomic E-state index is 0.0938. The fraction of sp³-hybridized carbons (Fsp3) is 0.818. The van der Waals surface area contributed by atoms with E-state index in [-0.39, 0.29) is 5.41 Å². The van der Waals surface area contributed by atoms with Crippen LogP contribution in [0.4, 0.5) is 0 Å². The molecule has 3 nitrogen and oxygen atoms in total. The third kappa shape index (κ3) is 1.78. The van der Waals surface area contributed by atoms with Crippen molar-refractivity contribution in [1.29, 1.82) is 0 Å². The molecular weight excluding hydrogens is 176 g/mol. The molecule has 1 N–H and O–H groups in total. The number of rotatable bonds is 1. The monoisotopic (exact) mass is 195 g/mol. The van der Waals surface area contributed by atoms with Gasteiger partial charge in [0.2, 0.25) is 5.91 Å². The van der Waals surface area contributed by atoms with Crippen LogP contribution >= 0.6 is 0 Å². The van der Waals surface area contributed by atoms with Gasteiger partial charge in [0.1, 0.15) is 0 Å². The molecule has 0 aromatic rings. The number of hydrogen-bond acceptors (Lipinski definition) is 2. The molecule has 0 aromatic heterocycles. The number of nitrogens with zero attached hydrogens (tertiary/aromatic N) is 1. The molecule has 0 saturated carbocycles. The lowest BCUT2D eigenvalue weighted by Crippen LogP contribution is -2.46. The van der Waals surface area contributed by atoms with Gasteiger partial charge >= 0.3 is 0 Å². The third-order valence-electron chi connectivity index (χ3n) is 3.46. The van der Waals surface area contributed by atoms with E-state index in [1.54, 1.807) is 0 Å². The topological polar surface area (TPSA) is 32.3 Å². The smallest absolute Gasteiger partial charge is 0.228 e. The lowest BCUT2D eigenvalue weighted by molar-refractivity contribution is -0.141. The Hall–Kier alpha value is -0.570. The van der Waals surface area contributed by atoms with Crippen molar-refractivity contribution >= 4 is 5.91 Å². The molecule has 0 bridgehead atoms. The predicted octanol–water partition coefficient (Wildman–Crippen LogP) is 0.813. The van der Waals surface area contributed by atoms with E-state index in [4.69, 9.17) is 0 Å². The highest BCUT2D eigenvalue weighted by atomic mass is 16.2. The highest BCUT2D eigenvalue weighted by Gasteiger charge is 2.38. The fourth-order valence-electron chi connectivity index (χ4n) is 2.34. The van der Waals surface area contributed by atoms with Crippen molar-refractivity contribution in [3.8, 4) is 0 Å². The number of piperidine rings is 1. The number of carbonyl (C=O) groups excluding carboxylic acids is 1. The van der Waals surface area contributed by atoms with Crippen LogP contribution < -0.4 is 5.32 Å². The minimum atomic E-state index is -0.0938. The Labute approximate surface area is 85.8 Å². The molecule has 0 atom stereocenters. The Bertz CT molecular complexity index is 215. The summed E-state index contributed by atoms with van der Waals surface area (Å²) in [5.74, 6) is 0.368. The van der Waals surface area contributed by atoms with Crippen molar-refractivity contribution < 1.29 is 4.79 Å². The second-order valence-electron chi connectivity index (χ2n) is 4.64. The molecule has 1 radical (unpaired) electrons. The van der Waals surface area contributed by atoms with Crippen LogP contribution in [-0.4, -0.2) is 37.0 Å². The summed E-state index contributed by atoms with van der Waals surface area (Å²) in [5.41, 5.74) is -0.0938. The Balaban J connectivity index is 2.00. The maximum Gasteiger partial charge on any atom is 0.228 e. The summed E-state index contributed by atoms with van der Waals surface area (Å²) in [6, 6.07) is 0. The largest absolute Gasteiger partial charge is 0.342 e. The van der Waals surface area contributed by atoms with E-state index >= 15 is 0 Å². The summed E-state index contributed by atoms with van der Waals surface area (Å²) in [7, 11) is 0. The maximum absolute atomic E-state index is 12.2. The normalized spacial score (nSPS) is 26.5. The van der Waals surface area contributed by atoms with Crippen LogP contribution in [0.2, 0.25) is 0 Å². The molecule has 2 fully saturated rings. The molecule has 0 spiro atoms. The van der Waals surface area contributed by atoms with Crippen LogP contribution in [0.5, 0.6) is 0 Å². The second-order valence-corrected chi connectivity index (χ2v) is 4.64. The maximum atomic E-state index is 12.2. The predicted molar refractivity (Wildman–Crippen MR) is 55.7 cm³/mol. The third-order valence-corrected chi connectivity index (χ3v) is 3.46. The van der Waals surface area contributed by atoms with Crippen molar-refractivity contribution in [2.45, 2.75) is 26.2 Å². The van der Waals surface area contributed by atoms with Gasteiger partial charge in [-0.15, -0.1) is 0 Å². The summed E-state index contributed by atoms with van der Waals surface area (Å²) in [5, 5.41) is 3.31. The van der Waals surface area contributed by atoms with Crippen molar-refractivity contribution in [3.05, 3.63) is 6.42 Å². The first-order valence-corrected chi connectivity index (χ1v) is 5.54. The zero-order chi connectivity index (χ0) is 10.0. The zero-order valence-electron chi connectivity index (χ0n) is 8.88. The van der Waals surface area contributed by atoms with Gasteiger partial charge in [-0.2, -0.15) is 0 Å². The quantitative estimate of drug-likeness (QED) is 0.671. The summed E-state index contributed by atoms with van der Waals surface area (Å²) >= 11 is 0. The van der Waals surface area contributed by atoms with Gasteiger partial charge in [0, 0.05) is 18.5 Å². The first-order chi connectivity index (χ1) is 6.72. The van der Waals surface area contributed by atoms with E-state index < -0.39 is 0 Å². The molecule has 2 aliphatic heterocycles. The van der Waals surface area contributed by atoms with Crippen LogP contribution in [0, 0.1) is 11.8 Å². The summed E-state index contributed by atoms with van der Waals surface area (Å²) in [4.78, 5) is 14.2. The van der Waals surface area contributed by atoms with Crippen LogP contribution in [0.25, 0.3) is 0 Å². The highest BCUT2D eigenvalue weighted by Crippen LogP contribution is 2.31. The van der Waals surface area contributed by atoms with E-state index in [0.29, 0.717) is 5.91 Å². The Morgan fingerprint density at radius 1 is 1.43 bits per heavy atom. The molecule has 79 valence electrons. The van der Waals surface area contributed by atoms with Crippen LogP contribution in [0.3, 0.4) is 0 Å². The molecule has 2 aliphatic rings. The Kier molecular flexibility index (Phi) is 2.77. The first-order valence-electron chi connectivity index (χ1n) is 5.54. The van der Waals surface area contributed by atoms with Crippen LogP contribution in [0.1, 0.15) is 26.2 Å². The van der Waals surface area contributed by atoms with Crippen LogP contribution in [0.15, 0.2) is 0 Å². The molecule has 2 saturated heterocycles. The van der Waals surface area contributed by atoms with E-state index in [1.165, 1.54) is 0 Å². The average Bonchev–Trinajstić information content (AvgIpc) is 2.70. The second kappa shape index (κ2) is 3.89. The van der Waals surface area contributed by atoms with Gasteiger partial charge in [-0.3, -0.25) is 4.79 Å². The number of nitrogens with one attached hydrogen (secondary N) is 1. The zero-order valence-corrected chi connectivity index (χ0v) is 8.88. The molecule has 1 amide bonds. The standard InChI is InChI=1S/C11H19N2O/c1-11(4-6-12-7-5-11)10(14)13-8-2-3-9-13/h2,12H,3-9H2,1H3. The van der Waals surface area contributed by atoms with Crippen LogP contribution in [-0.2, 0) is 4.79 Å². The van der Waals surface area contributed by atoms with Gasteiger partial charge in [0.25, 0.3) is 0 Å². The van der Waals surface area contributed by atoms with E-state index in [9.17, 15) is 4.79 Å². The van der Waals surface area contributed by atoms with Gasteiger partial charge in [0.15, 0.2) is 0 Å². The summed E-state index contributed by atoms with van der Waals surface area (Å²) < 4.78 is 0. The first kappa shape index (κ1) is 9.97. The van der Waals surface area contributed by atoms with Crippen molar-refractivity contribution in [2.75, 3.05) is 26.2 Å². The molecule has 0 aliphatic carbocycles. The molecule has 0 aromatic carbocycles. The summed E-state index contributed by atoms with van der Waals surface area (Å²) in [6.07, 6.45) is 5.24. The number of amides is 1. The highest BCUT2D eigenvalue weighted by molar-refractivity contribution is 5.82. The summed E-state index contributed by atoms with van der Waals surface area (Å²) in [6.45, 7) is 5.89. The molecular formula is C11H19N2O. The van der Waals surface area contributed by atoms with Gasteiger partial charge in [-0.25, -0.2) is 0 Å². The number of likely N-dealkylation sites (tertiary alicyclic amines) is 1. The SMILES string of the molecule is CC1(C(=O)N2C[CH]CC2)CCNCC1. The van der Waals surface area contributed by atoms with E-state index in [2.05, 4.69) is 18.7 Å². The molecule has 2 heterocycles.